The summed E-state index contributed by atoms with van der Waals surface area (Å²) in [7, 11) is 0.366. The second-order valence-electron chi connectivity index (χ2n) is 8.14. The van der Waals surface area contributed by atoms with E-state index in [2.05, 4.69) is 20.8 Å². The maximum atomic E-state index is 2.32. The van der Waals surface area contributed by atoms with E-state index >= 15 is 0 Å². The predicted octanol–water partition coefficient (Wildman–Crippen LogP) is 8.63. The summed E-state index contributed by atoms with van der Waals surface area (Å²) in [5.41, 5.74) is 0. The molecule has 26 heavy (non-hydrogen) atoms. The second-order valence-corrected chi connectivity index (χ2v) is 10.8. The van der Waals surface area contributed by atoms with Gasteiger partial charge in [-0.25, -0.2) is 0 Å². The molecule has 0 aromatic carbocycles. The van der Waals surface area contributed by atoms with Gasteiger partial charge in [-0.3, -0.25) is 0 Å². The van der Waals surface area contributed by atoms with Gasteiger partial charge in [0.2, 0.25) is 0 Å². The molecule has 0 spiro atoms. The van der Waals surface area contributed by atoms with Gasteiger partial charge >= 0.3 is 23.7 Å². The van der Waals surface area contributed by atoms with Crippen LogP contribution in [0.1, 0.15) is 136 Å². The molecule has 0 N–H and O–H groups in total. The van der Waals surface area contributed by atoms with Crippen LogP contribution < -0.4 is 0 Å². The van der Waals surface area contributed by atoms with E-state index in [1.807, 2.05) is 0 Å². The molecule has 0 amide bonds. The number of hydrogen-bond acceptors (Lipinski definition) is 0. The quantitative estimate of drug-likeness (QED) is 0.0841. The van der Waals surface area contributed by atoms with Gasteiger partial charge in [-0.15, -0.1) is 7.92 Å². The summed E-state index contributed by atoms with van der Waals surface area (Å²) in [4.78, 5) is 0. The van der Waals surface area contributed by atoms with E-state index in [1.165, 1.54) is 116 Å². The van der Waals surface area contributed by atoms with Gasteiger partial charge in [0.05, 0.1) is 0 Å². The third kappa shape index (κ3) is 23.3. The molecule has 0 aliphatic rings. The molecule has 0 aliphatic carbocycles. The van der Waals surface area contributed by atoms with Crippen LogP contribution in [0.3, 0.4) is 0 Å². The Kier molecular flexibility index (Phi) is 29.7. The van der Waals surface area contributed by atoms with Gasteiger partial charge in [-0.2, -0.15) is 0 Å². The van der Waals surface area contributed by atoms with E-state index < -0.39 is 0 Å². The normalized spacial score (nSPS) is 11.1. The van der Waals surface area contributed by atoms with Crippen molar-refractivity contribution in [3.8, 4) is 0 Å². The average molecular weight is 500 g/mol. The third-order valence-electron chi connectivity index (χ3n) is 5.48. The Morgan fingerprint density at radius 2 is 0.577 bits per heavy atom. The van der Waals surface area contributed by atoms with Gasteiger partial charge < -0.3 is 0 Å². The minimum atomic E-state index is 0. The Morgan fingerprint density at radius 1 is 0.346 bits per heavy atom. The van der Waals surface area contributed by atoms with Gasteiger partial charge in [-0.1, -0.05) is 117 Å². The monoisotopic (exact) mass is 502 g/mol. The summed E-state index contributed by atoms with van der Waals surface area (Å²) in [6, 6.07) is 0. The molecule has 0 fully saturated rings. The summed E-state index contributed by atoms with van der Waals surface area (Å²) in [6.45, 7) is 6.96. The zero-order valence-electron chi connectivity index (χ0n) is 18.8. The zero-order chi connectivity index (χ0) is 18.4. The van der Waals surface area contributed by atoms with Crippen LogP contribution in [0.5, 0.6) is 0 Å². The van der Waals surface area contributed by atoms with Crippen molar-refractivity contribution in [3.05, 3.63) is 0 Å². The fourth-order valence-electron chi connectivity index (χ4n) is 3.68. The number of unbranched alkanes of at least 4 members (excludes halogenated alkanes) is 15. The summed E-state index contributed by atoms with van der Waals surface area (Å²) in [6.07, 6.45) is 31.2. The van der Waals surface area contributed by atoms with E-state index in [-0.39, 0.29) is 23.7 Å². The SMILES string of the molecule is CCCCCCCCP(CCCCCCCC)CCCCCCCC.[TeH2]. The summed E-state index contributed by atoms with van der Waals surface area (Å²) in [5, 5.41) is 0. The molecule has 0 rings (SSSR count). The molecule has 0 nitrogen and oxygen atoms in total. The summed E-state index contributed by atoms with van der Waals surface area (Å²) < 4.78 is 0. The topological polar surface area (TPSA) is 0 Å². The Bertz CT molecular complexity index is 194. The van der Waals surface area contributed by atoms with E-state index in [1.54, 1.807) is 18.5 Å². The van der Waals surface area contributed by atoms with Crippen molar-refractivity contribution in [2.24, 2.45) is 0 Å². The van der Waals surface area contributed by atoms with Crippen LogP contribution in [0.2, 0.25) is 0 Å². The van der Waals surface area contributed by atoms with Crippen molar-refractivity contribution >= 4 is 31.6 Å². The van der Waals surface area contributed by atoms with Crippen molar-refractivity contribution in [1.29, 1.82) is 0 Å². The summed E-state index contributed by atoms with van der Waals surface area (Å²) in [5.74, 6) is 0. The maximum absolute atomic E-state index is 2.32. The Hall–Kier alpha value is 1.22. The second kappa shape index (κ2) is 26.2. The van der Waals surface area contributed by atoms with Crippen molar-refractivity contribution in [2.45, 2.75) is 136 Å². The van der Waals surface area contributed by atoms with E-state index in [0.717, 1.165) is 0 Å². The molecule has 0 aromatic heterocycles. The van der Waals surface area contributed by atoms with Crippen LogP contribution in [0, 0.1) is 0 Å². The van der Waals surface area contributed by atoms with Gasteiger partial charge in [0.15, 0.2) is 0 Å². The molecule has 160 valence electrons. The molecule has 0 aromatic rings. The first kappa shape index (κ1) is 29.4. The Labute approximate surface area is 185 Å². The van der Waals surface area contributed by atoms with Crippen molar-refractivity contribution in [1.82, 2.24) is 0 Å². The first-order valence-corrected chi connectivity index (χ1v) is 14.0. The van der Waals surface area contributed by atoms with Crippen LogP contribution in [-0.2, 0) is 0 Å². The van der Waals surface area contributed by atoms with Gasteiger partial charge in [0, 0.05) is 0 Å². The molecule has 0 aliphatic heterocycles. The van der Waals surface area contributed by atoms with Crippen LogP contribution in [0.4, 0.5) is 0 Å². The molecule has 0 bridgehead atoms. The Morgan fingerprint density at radius 3 is 0.846 bits per heavy atom. The predicted molar refractivity (Wildman–Crippen MR) is 130 cm³/mol. The standard InChI is InChI=1S/C24H51P.H2Te/c1-4-7-10-13-16-19-22-25(23-20-17-14-11-8-5-2)24-21-18-15-12-9-6-3;/h4-24H2,1-3H3;1H2. The molecule has 0 saturated carbocycles. The first-order chi connectivity index (χ1) is 12.3. The first-order valence-electron chi connectivity index (χ1n) is 12.1. The molecular weight excluding hydrogens is 447 g/mol. The molecule has 0 radical (unpaired) electrons. The van der Waals surface area contributed by atoms with Crippen LogP contribution in [-0.4, -0.2) is 42.2 Å². The molecule has 2 heteroatoms. The molecular formula is C24H53PTe. The van der Waals surface area contributed by atoms with Crippen molar-refractivity contribution < 1.29 is 0 Å². The van der Waals surface area contributed by atoms with E-state index in [0.29, 0.717) is 7.92 Å². The van der Waals surface area contributed by atoms with E-state index in [4.69, 9.17) is 0 Å². The number of rotatable bonds is 21. The van der Waals surface area contributed by atoms with Crippen LogP contribution in [0.15, 0.2) is 0 Å². The average Bonchev–Trinajstić information content (AvgIpc) is 2.63. The molecule has 0 atom stereocenters. The molecule has 0 heterocycles. The van der Waals surface area contributed by atoms with E-state index in [9.17, 15) is 0 Å². The minimum absolute atomic E-state index is 0. The van der Waals surface area contributed by atoms with Gasteiger partial charge in [-0.05, 0) is 37.7 Å². The van der Waals surface area contributed by atoms with Gasteiger partial charge in [0.1, 0.15) is 0 Å². The molecule has 0 unspecified atom stereocenters. The third-order valence-corrected chi connectivity index (χ3v) is 8.33. The van der Waals surface area contributed by atoms with Crippen LogP contribution >= 0.6 is 7.92 Å². The van der Waals surface area contributed by atoms with Crippen molar-refractivity contribution in [2.75, 3.05) is 18.5 Å². The fraction of sp³-hybridized carbons (Fsp3) is 1.00. The zero-order valence-corrected chi connectivity index (χ0v) is 22.5. The molecule has 0 saturated heterocycles. The van der Waals surface area contributed by atoms with Gasteiger partial charge in [0.25, 0.3) is 0 Å². The Balaban J connectivity index is 0. The fourth-order valence-corrected chi connectivity index (χ4v) is 6.37. The summed E-state index contributed by atoms with van der Waals surface area (Å²) >= 11 is 0. The number of hydrogen-bond donors (Lipinski definition) is 0. The van der Waals surface area contributed by atoms with Crippen LogP contribution in [0.25, 0.3) is 0 Å². The van der Waals surface area contributed by atoms with Crippen molar-refractivity contribution in [3.63, 3.8) is 0 Å².